The minimum atomic E-state index is -0.00838. The Bertz CT molecular complexity index is 639. The summed E-state index contributed by atoms with van der Waals surface area (Å²) < 4.78 is 11.1. The highest BCUT2D eigenvalue weighted by molar-refractivity contribution is 7.13. The molecule has 0 amide bonds. The molecule has 1 aliphatic heterocycles. The number of rotatable bonds is 3. The molecule has 104 valence electrons. The van der Waals surface area contributed by atoms with E-state index in [4.69, 9.17) is 15.2 Å². The SMILES string of the molecule is Nc1nc(CC(=O)c2ccc3c(c2)OCCCO3)cs1. The van der Waals surface area contributed by atoms with Gasteiger partial charge in [0.2, 0.25) is 0 Å². The van der Waals surface area contributed by atoms with Crippen molar-refractivity contribution in [2.45, 2.75) is 12.8 Å². The van der Waals surface area contributed by atoms with Crippen LogP contribution in [0.15, 0.2) is 23.6 Å². The van der Waals surface area contributed by atoms with Crippen LogP contribution in [0, 0.1) is 0 Å². The van der Waals surface area contributed by atoms with Gasteiger partial charge in [-0.15, -0.1) is 11.3 Å². The molecule has 0 atom stereocenters. The summed E-state index contributed by atoms with van der Waals surface area (Å²) in [7, 11) is 0. The van der Waals surface area contributed by atoms with E-state index in [1.54, 1.807) is 23.6 Å². The van der Waals surface area contributed by atoms with Gasteiger partial charge >= 0.3 is 0 Å². The first-order valence-corrected chi connectivity index (χ1v) is 7.23. The van der Waals surface area contributed by atoms with Gasteiger partial charge in [-0.3, -0.25) is 4.79 Å². The van der Waals surface area contributed by atoms with E-state index in [0.29, 0.717) is 41.1 Å². The normalized spacial score (nSPS) is 13.8. The van der Waals surface area contributed by atoms with E-state index < -0.39 is 0 Å². The van der Waals surface area contributed by atoms with Crippen molar-refractivity contribution >= 4 is 22.3 Å². The van der Waals surface area contributed by atoms with Gasteiger partial charge in [-0.05, 0) is 18.2 Å². The molecule has 0 aliphatic carbocycles. The zero-order chi connectivity index (χ0) is 13.9. The van der Waals surface area contributed by atoms with Crippen LogP contribution in [-0.4, -0.2) is 24.0 Å². The molecule has 20 heavy (non-hydrogen) atoms. The van der Waals surface area contributed by atoms with Crippen LogP contribution in [0.25, 0.3) is 0 Å². The van der Waals surface area contributed by atoms with Gasteiger partial charge in [-0.1, -0.05) is 0 Å². The van der Waals surface area contributed by atoms with Crippen molar-refractivity contribution in [3.05, 3.63) is 34.8 Å². The van der Waals surface area contributed by atoms with E-state index in [-0.39, 0.29) is 12.2 Å². The highest BCUT2D eigenvalue weighted by Gasteiger charge is 2.15. The number of nitrogens with zero attached hydrogens (tertiary/aromatic N) is 1. The lowest BCUT2D eigenvalue weighted by Gasteiger charge is -2.08. The minimum absolute atomic E-state index is 0.00838. The molecule has 0 bridgehead atoms. The van der Waals surface area contributed by atoms with E-state index in [1.165, 1.54) is 11.3 Å². The lowest BCUT2D eigenvalue weighted by atomic mass is 10.1. The number of benzene rings is 1. The van der Waals surface area contributed by atoms with E-state index >= 15 is 0 Å². The lowest BCUT2D eigenvalue weighted by molar-refractivity contribution is 0.0991. The number of Topliss-reactive ketones (excluding diaryl/α,β-unsaturated/α-hetero) is 1. The number of nitrogens with two attached hydrogens (primary N) is 1. The van der Waals surface area contributed by atoms with E-state index in [9.17, 15) is 4.79 Å². The summed E-state index contributed by atoms with van der Waals surface area (Å²) in [6.07, 6.45) is 1.09. The number of fused-ring (bicyclic) bond motifs is 1. The maximum absolute atomic E-state index is 12.2. The Balaban J connectivity index is 1.79. The number of ether oxygens (including phenoxy) is 2. The summed E-state index contributed by atoms with van der Waals surface area (Å²) >= 11 is 1.34. The molecule has 0 spiro atoms. The van der Waals surface area contributed by atoms with Crippen LogP contribution in [0.2, 0.25) is 0 Å². The Morgan fingerprint density at radius 2 is 2.10 bits per heavy atom. The molecule has 5 nitrogen and oxygen atoms in total. The Morgan fingerprint density at radius 3 is 2.85 bits per heavy atom. The third kappa shape index (κ3) is 2.75. The predicted octanol–water partition coefficient (Wildman–Crippen LogP) is 2.31. The third-order valence-corrected chi connectivity index (χ3v) is 3.70. The number of hydrogen-bond donors (Lipinski definition) is 1. The summed E-state index contributed by atoms with van der Waals surface area (Å²) in [5, 5.41) is 2.28. The van der Waals surface area contributed by atoms with Crippen LogP contribution in [0.1, 0.15) is 22.5 Å². The molecular formula is C14H14N2O3S. The average Bonchev–Trinajstić information content (AvgIpc) is 2.72. The summed E-state index contributed by atoms with van der Waals surface area (Å²) in [6, 6.07) is 5.27. The Hall–Kier alpha value is -2.08. The van der Waals surface area contributed by atoms with Crippen molar-refractivity contribution in [1.29, 1.82) is 0 Å². The number of aromatic nitrogens is 1. The zero-order valence-electron chi connectivity index (χ0n) is 10.8. The standard InChI is InChI=1S/C14H14N2O3S/c15-14-16-10(8-20-14)7-11(17)9-2-3-12-13(6-9)19-5-1-4-18-12/h2-3,6,8H,1,4-5,7H2,(H2,15,16). The molecule has 6 heteroatoms. The van der Waals surface area contributed by atoms with Crippen LogP contribution in [0.4, 0.5) is 5.13 Å². The second-order valence-electron chi connectivity index (χ2n) is 4.49. The van der Waals surface area contributed by atoms with Crippen LogP contribution in [-0.2, 0) is 6.42 Å². The molecule has 0 saturated heterocycles. The monoisotopic (exact) mass is 290 g/mol. The fourth-order valence-corrected chi connectivity index (χ4v) is 2.57. The molecule has 0 fully saturated rings. The second-order valence-corrected chi connectivity index (χ2v) is 5.38. The topological polar surface area (TPSA) is 74.4 Å². The first-order chi connectivity index (χ1) is 9.72. The quantitative estimate of drug-likeness (QED) is 0.878. The third-order valence-electron chi connectivity index (χ3n) is 2.98. The molecule has 2 aromatic rings. The van der Waals surface area contributed by atoms with Crippen LogP contribution < -0.4 is 15.2 Å². The molecule has 2 N–H and O–H groups in total. The van der Waals surface area contributed by atoms with Crippen LogP contribution in [0.5, 0.6) is 11.5 Å². The summed E-state index contributed by atoms with van der Waals surface area (Å²) in [5.74, 6) is 1.31. The number of thiazole rings is 1. The maximum atomic E-state index is 12.2. The number of hydrogen-bond acceptors (Lipinski definition) is 6. The summed E-state index contributed by atoms with van der Waals surface area (Å²) in [4.78, 5) is 16.3. The van der Waals surface area contributed by atoms with E-state index in [0.717, 1.165) is 6.42 Å². The predicted molar refractivity (Wildman–Crippen MR) is 76.6 cm³/mol. The maximum Gasteiger partial charge on any atom is 0.180 e. The molecule has 2 heterocycles. The first kappa shape index (κ1) is 12.9. The smallest absolute Gasteiger partial charge is 0.180 e. The van der Waals surface area contributed by atoms with Gasteiger partial charge in [0.25, 0.3) is 0 Å². The van der Waals surface area contributed by atoms with Gasteiger partial charge in [-0.25, -0.2) is 4.98 Å². The largest absolute Gasteiger partial charge is 0.490 e. The molecule has 0 radical (unpaired) electrons. The Kier molecular flexibility index (Phi) is 3.56. The minimum Gasteiger partial charge on any atom is -0.490 e. The van der Waals surface area contributed by atoms with Crippen LogP contribution in [0.3, 0.4) is 0 Å². The van der Waals surface area contributed by atoms with Gasteiger partial charge in [0.05, 0.1) is 25.3 Å². The zero-order valence-corrected chi connectivity index (χ0v) is 11.6. The molecule has 1 aromatic heterocycles. The summed E-state index contributed by atoms with van der Waals surface area (Å²) in [6.45, 7) is 1.24. The van der Waals surface area contributed by atoms with Gasteiger partial charge in [0.1, 0.15) is 0 Å². The fraction of sp³-hybridized carbons (Fsp3) is 0.286. The van der Waals surface area contributed by atoms with Crippen molar-refractivity contribution in [3.63, 3.8) is 0 Å². The first-order valence-electron chi connectivity index (χ1n) is 6.35. The lowest BCUT2D eigenvalue weighted by Crippen LogP contribution is -2.05. The number of nitrogen functional groups attached to an aromatic ring is 1. The second kappa shape index (κ2) is 5.50. The molecule has 3 rings (SSSR count). The Morgan fingerprint density at radius 1 is 1.30 bits per heavy atom. The van der Waals surface area contributed by atoms with Crippen molar-refractivity contribution in [2.24, 2.45) is 0 Å². The highest BCUT2D eigenvalue weighted by atomic mass is 32.1. The number of anilines is 1. The molecule has 0 unspecified atom stereocenters. The van der Waals surface area contributed by atoms with Crippen LogP contribution >= 0.6 is 11.3 Å². The fourth-order valence-electron chi connectivity index (χ4n) is 2.01. The molecule has 1 aromatic carbocycles. The Labute approximate surface area is 120 Å². The van der Waals surface area contributed by atoms with Gasteiger partial charge in [0, 0.05) is 17.4 Å². The van der Waals surface area contributed by atoms with Gasteiger partial charge in [0.15, 0.2) is 22.4 Å². The van der Waals surface area contributed by atoms with Crippen molar-refractivity contribution in [1.82, 2.24) is 4.98 Å². The van der Waals surface area contributed by atoms with Gasteiger partial charge < -0.3 is 15.2 Å². The number of ketones is 1. The van der Waals surface area contributed by atoms with Crippen molar-refractivity contribution in [2.75, 3.05) is 18.9 Å². The number of carbonyl (C=O) groups is 1. The van der Waals surface area contributed by atoms with Gasteiger partial charge in [-0.2, -0.15) is 0 Å². The van der Waals surface area contributed by atoms with E-state index in [2.05, 4.69) is 4.98 Å². The van der Waals surface area contributed by atoms with Crippen molar-refractivity contribution < 1.29 is 14.3 Å². The molecular weight excluding hydrogens is 276 g/mol. The van der Waals surface area contributed by atoms with E-state index in [1.807, 2.05) is 0 Å². The number of carbonyl (C=O) groups excluding carboxylic acids is 1. The average molecular weight is 290 g/mol. The van der Waals surface area contributed by atoms with Crippen molar-refractivity contribution in [3.8, 4) is 11.5 Å². The molecule has 1 aliphatic rings. The highest BCUT2D eigenvalue weighted by Crippen LogP contribution is 2.30. The molecule has 0 saturated carbocycles. The summed E-state index contributed by atoms with van der Waals surface area (Å²) in [5.41, 5.74) is 6.86.